The first-order valence-corrected chi connectivity index (χ1v) is 5.68. The van der Waals surface area contributed by atoms with E-state index in [1.54, 1.807) is 11.0 Å². The minimum absolute atomic E-state index is 0.332. The van der Waals surface area contributed by atoms with Gasteiger partial charge in [0.2, 0.25) is 0 Å². The molecule has 0 atom stereocenters. The second-order valence-corrected chi connectivity index (χ2v) is 4.32. The fourth-order valence-corrected chi connectivity index (χ4v) is 1.92. The van der Waals surface area contributed by atoms with Crippen molar-refractivity contribution >= 4 is 12.0 Å². The van der Waals surface area contributed by atoms with Crippen LogP contribution >= 0.6 is 0 Å². The minimum atomic E-state index is -0.384. The molecular weight excluding hydrogens is 217 g/mol. The molecule has 2 rings (SSSR count). The summed E-state index contributed by atoms with van der Waals surface area (Å²) in [5.41, 5.74) is 0.702. The Bertz CT molecular complexity index is 460. The number of anilines is 1. The van der Waals surface area contributed by atoms with Crippen LogP contribution in [0.15, 0.2) is 18.2 Å². The molecule has 0 bridgehead atoms. The highest BCUT2D eigenvalue weighted by molar-refractivity contribution is 5.85. The van der Waals surface area contributed by atoms with Gasteiger partial charge in [-0.15, -0.1) is 6.42 Å². The van der Waals surface area contributed by atoms with Crippen molar-refractivity contribution in [2.75, 3.05) is 18.0 Å². The SMILES string of the molecule is C#CCN(CC1CC1)c1c(F)cccc1C=O. The third-order valence-electron chi connectivity index (χ3n) is 2.92. The molecule has 1 aliphatic carbocycles. The van der Waals surface area contributed by atoms with Crippen LogP contribution in [0.1, 0.15) is 23.2 Å². The zero-order valence-electron chi connectivity index (χ0n) is 9.53. The number of rotatable bonds is 5. The molecular formula is C14H14FNO. The van der Waals surface area contributed by atoms with Crippen LogP contribution in [0.25, 0.3) is 0 Å². The Kier molecular flexibility index (Phi) is 3.43. The number of hydrogen-bond donors (Lipinski definition) is 0. The predicted molar refractivity (Wildman–Crippen MR) is 65.6 cm³/mol. The molecule has 3 heteroatoms. The summed E-state index contributed by atoms with van der Waals surface area (Å²) in [5.74, 6) is 2.72. The van der Waals surface area contributed by atoms with Crippen LogP contribution in [0.5, 0.6) is 0 Å². The molecule has 0 aromatic heterocycles. The number of halogens is 1. The van der Waals surface area contributed by atoms with E-state index < -0.39 is 0 Å². The third kappa shape index (κ3) is 2.65. The normalized spacial score (nSPS) is 14.1. The van der Waals surface area contributed by atoms with Crippen molar-refractivity contribution in [3.63, 3.8) is 0 Å². The van der Waals surface area contributed by atoms with Gasteiger partial charge in [-0.25, -0.2) is 4.39 Å². The van der Waals surface area contributed by atoms with Gasteiger partial charge in [0.25, 0.3) is 0 Å². The van der Waals surface area contributed by atoms with Gasteiger partial charge in [-0.05, 0) is 30.9 Å². The molecule has 1 fully saturated rings. The monoisotopic (exact) mass is 231 g/mol. The largest absolute Gasteiger partial charge is 0.357 e. The average Bonchev–Trinajstić information content (AvgIpc) is 3.12. The number of para-hydroxylation sites is 1. The molecule has 0 N–H and O–H groups in total. The number of hydrogen-bond acceptors (Lipinski definition) is 2. The molecule has 0 spiro atoms. The zero-order chi connectivity index (χ0) is 12.3. The van der Waals surface area contributed by atoms with E-state index in [0.717, 1.165) is 19.4 Å². The van der Waals surface area contributed by atoms with Crippen LogP contribution in [0, 0.1) is 24.1 Å². The first kappa shape index (κ1) is 11.7. The molecule has 0 saturated heterocycles. The standard InChI is InChI=1S/C14H14FNO/c1-2-8-16(9-11-6-7-11)14-12(10-17)4-3-5-13(14)15/h1,3-5,10-11H,6-9H2. The van der Waals surface area contributed by atoms with Crippen LogP contribution < -0.4 is 4.90 Å². The van der Waals surface area contributed by atoms with E-state index in [1.165, 1.54) is 12.1 Å². The molecule has 17 heavy (non-hydrogen) atoms. The summed E-state index contributed by atoms with van der Waals surface area (Å²) in [6.07, 6.45) is 8.29. The maximum absolute atomic E-state index is 13.8. The molecule has 88 valence electrons. The lowest BCUT2D eigenvalue weighted by atomic mass is 10.1. The van der Waals surface area contributed by atoms with Crippen LogP contribution in [0.3, 0.4) is 0 Å². The summed E-state index contributed by atoms with van der Waals surface area (Å²) in [7, 11) is 0. The van der Waals surface area contributed by atoms with Crippen molar-refractivity contribution < 1.29 is 9.18 Å². The minimum Gasteiger partial charge on any atom is -0.357 e. The Hall–Kier alpha value is -1.82. The maximum atomic E-state index is 13.8. The molecule has 0 amide bonds. The van der Waals surface area contributed by atoms with E-state index in [-0.39, 0.29) is 5.82 Å². The highest BCUT2D eigenvalue weighted by Gasteiger charge is 2.26. The van der Waals surface area contributed by atoms with Gasteiger partial charge >= 0.3 is 0 Å². The van der Waals surface area contributed by atoms with Gasteiger partial charge in [0.05, 0.1) is 12.2 Å². The first-order chi connectivity index (χ1) is 8.26. The predicted octanol–water partition coefficient (Wildman–Crippen LogP) is 2.49. The topological polar surface area (TPSA) is 20.3 Å². The van der Waals surface area contributed by atoms with E-state index in [1.807, 2.05) is 0 Å². The number of terminal acetylenes is 1. The number of benzene rings is 1. The van der Waals surface area contributed by atoms with Crippen molar-refractivity contribution in [3.05, 3.63) is 29.6 Å². The third-order valence-corrected chi connectivity index (χ3v) is 2.92. The second kappa shape index (κ2) is 5.01. The van der Waals surface area contributed by atoms with Gasteiger partial charge in [-0.3, -0.25) is 4.79 Å². The Labute approximate surface area is 100 Å². The van der Waals surface area contributed by atoms with Crippen LogP contribution in [-0.2, 0) is 0 Å². The summed E-state index contributed by atoms with van der Waals surface area (Å²) >= 11 is 0. The molecule has 2 nitrogen and oxygen atoms in total. The summed E-state index contributed by atoms with van der Waals surface area (Å²) in [6, 6.07) is 4.51. The van der Waals surface area contributed by atoms with Crippen molar-refractivity contribution in [2.45, 2.75) is 12.8 Å². The zero-order valence-corrected chi connectivity index (χ0v) is 9.53. The van der Waals surface area contributed by atoms with Crippen molar-refractivity contribution in [1.82, 2.24) is 0 Å². The average molecular weight is 231 g/mol. The lowest BCUT2D eigenvalue weighted by molar-refractivity contribution is 0.112. The Balaban J connectivity index is 2.32. The molecule has 1 saturated carbocycles. The molecule has 1 aromatic carbocycles. The van der Waals surface area contributed by atoms with Gasteiger partial charge < -0.3 is 4.90 Å². The van der Waals surface area contributed by atoms with Gasteiger partial charge in [-0.2, -0.15) is 0 Å². The van der Waals surface area contributed by atoms with E-state index in [9.17, 15) is 9.18 Å². The van der Waals surface area contributed by atoms with Crippen molar-refractivity contribution in [1.29, 1.82) is 0 Å². The van der Waals surface area contributed by atoms with E-state index >= 15 is 0 Å². The lowest BCUT2D eigenvalue weighted by Crippen LogP contribution is -2.28. The Morgan fingerprint density at radius 1 is 1.53 bits per heavy atom. The maximum Gasteiger partial charge on any atom is 0.152 e. The highest BCUT2D eigenvalue weighted by Crippen LogP contribution is 2.33. The molecule has 1 aromatic rings. The van der Waals surface area contributed by atoms with Crippen molar-refractivity contribution in [2.24, 2.45) is 5.92 Å². The molecule has 0 unspecified atom stereocenters. The molecule has 0 heterocycles. The fraction of sp³-hybridized carbons (Fsp3) is 0.357. The lowest BCUT2D eigenvalue weighted by Gasteiger charge is -2.24. The quantitative estimate of drug-likeness (QED) is 0.573. The molecule has 1 aliphatic rings. The van der Waals surface area contributed by atoms with E-state index in [2.05, 4.69) is 5.92 Å². The second-order valence-electron chi connectivity index (χ2n) is 4.32. The van der Waals surface area contributed by atoms with Gasteiger partial charge in [0.15, 0.2) is 6.29 Å². The molecule has 0 radical (unpaired) electrons. The van der Waals surface area contributed by atoms with Crippen molar-refractivity contribution in [3.8, 4) is 12.3 Å². The first-order valence-electron chi connectivity index (χ1n) is 5.68. The summed E-state index contributed by atoms with van der Waals surface area (Å²) in [4.78, 5) is 12.7. The summed E-state index contributed by atoms with van der Waals surface area (Å²) in [6.45, 7) is 1.06. The Morgan fingerprint density at radius 2 is 2.29 bits per heavy atom. The fourth-order valence-electron chi connectivity index (χ4n) is 1.92. The van der Waals surface area contributed by atoms with E-state index in [0.29, 0.717) is 30.0 Å². The number of carbonyl (C=O) groups is 1. The highest BCUT2D eigenvalue weighted by atomic mass is 19.1. The number of nitrogens with zero attached hydrogens (tertiary/aromatic N) is 1. The number of aldehydes is 1. The van der Waals surface area contributed by atoms with Crippen LogP contribution in [-0.4, -0.2) is 19.4 Å². The summed E-state index contributed by atoms with van der Waals surface area (Å²) < 4.78 is 13.8. The van der Waals surface area contributed by atoms with E-state index in [4.69, 9.17) is 6.42 Å². The smallest absolute Gasteiger partial charge is 0.152 e. The van der Waals surface area contributed by atoms with Crippen LogP contribution in [0.2, 0.25) is 0 Å². The Morgan fingerprint density at radius 3 is 2.88 bits per heavy atom. The van der Waals surface area contributed by atoms with Gasteiger partial charge in [-0.1, -0.05) is 12.0 Å². The molecule has 0 aliphatic heterocycles. The summed E-state index contributed by atoms with van der Waals surface area (Å²) in [5, 5.41) is 0. The van der Waals surface area contributed by atoms with Gasteiger partial charge in [0, 0.05) is 12.1 Å². The number of carbonyl (C=O) groups excluding carboxylic acids is 1. The van der Waals surface area contributed by atoms with Gasteiger partial charge in [0.1, 0.15) is 5.82 Å². The van der Waals surface area contributed by atoms with Crippen LogP contribution in [0.4, 0.5) is 10.1 Å².